The lowest BCUT2D eigenvalue weighted by atomic mass is 10.0. The zero-order chi connectivity index (χ0) is 18.5. The van der Waals surface area contributed by atoms with Gasteiger partial charge in [-0.3, -0.25) is 4.79 Å². The van der Waals surface area contributed by atoms with E-state index in [1.807, 2.05) is 12.1 Å². The normalized spacial score (nSPS) is 10.6. The van der Waals surface area contributed by atoms with Gasteiger partial charge in [-0.2, -0.15) is 0 Å². The summed E-state index contributed by atoms with van der Waals surface area (Å²) in [6, 6.07) is 15.1. The Bertz CT molecular complexity index is 892. The van der Waals surface area contributed by atoms with Crippen LogP contribution in [-0.2, 0) is 0 Å². The molecule has 0 bridgehead atoms. The van der Waals surface area contributed by atoms with Crippen LogP contribution < -0.4 is 10.6 Å². The van der Waals surface area contributed by atoms with Gasteiger partial charge in [0.15, 0.2) is 0 Å². The molecular weight excluding hydrogens is 348 g/mol. The predicted octanol–water partition coefficient (Wildman–Crippen LogP) is 5.25. The molecule has 0 unspecified atom stereocenters. The number of hydrogen-bond donors (Lipinski definition) is 2. The van der Waals surface area contributed by atoms with Gasteiger partial charge in [-0.05, 0) is 41.8 Å². The first-order valence-electron chi connectivity index (χ1n) is 8.27. The van der Waals surface area contributed by atoms with Crippen LogP contribution in [0.15, 0.2) is 60.9 Å². The first kappa shape index (κ1) is 17.9. The molecule has 26 heavy (non-hydrogen) atoms. The minimum Gasteiger partial charge on any atom is -0.324 e. The first-order chi connectivity index (χ1) is 12.5. The van der Waals surface area contributed by atoms with Gasteiger partial charge in [0.05, 0.1) is 5.56 Å². The highest BCUT2D eigenvalue weighted by Gasteiger charge is 2.08. The standard InChI is InChI=1S/C20H19ClN4O/c1-13(2)14-6-8-17(9-7-14)25-20-22-11-15(12-23-20)19(26)24-18-5-3-4-16(21)10-18/h3-13H,1-2H3,(H,24,26)(H,22,23,25). The van der Waals surface area contributed by atoms with Crippen molar-refractivity contribution in [2.75, 3.05) is 10.6 Å². The number of nitrogens with one attached hydrogen (secondary N) is 2. The number of nitrogens with zero attached hydrogens (tertiary/aromatic N) is 2. The SMILES string of the molecule is CC(C)c1ccc(Nc2ncc(C(=O)Nc3cccc(Cl)c3)cn2)cc1. The Morgan fingerprint density at radius 3 is 2.31 bits per heavy atom. The largest absolute Gasteiger partial charge is 0.324 e. The Morgan fingerprint density at radius 2 is 1.69 bits per heavy atom. The molecule has 1 heterocycles. The Balaban J connectivity index is 1.65. The summed E-state index contributed by atoms with van der Waals surface area (Å²) >= 11 is 5.91. The van der Waals surface area contributed by atoms with Crippen LogP contribution in [0.4, 0.5) is 17.3 Å². The minimum atomic E-state index is -0.292. The third-order valence-corrected chi connectivity index (χ3v) is 4.07. The number of aromatic nitrogens is 2. The molecule has 3 rings (SSSR count). The van der Waals surface area contributed by atoms with Gasteiger partial charge in [-0.1, -0.05) is 43.6 Å². The van der Waals surface area contributed by atoms with Gasteiger partial charge < -0.3 is 10.6 Å². The van der Waals surface area contributed by atoms with Crippen LogP contribution >= 0.6 is 11.6 Å². The molecule has 0 aliphatic heterocycles. The maximum atomic E-state index is 12.2. The van der Waals surface area contributed by atoms with Crippen molar-refractivity contribution in [3.8, 4) is 0 Å². The lowest BCUT2D eigenvalue weighted by Gasteiger charge is -2.09. The van der Waals surface area contributed by atoms with Gasteiger partial charge in [0, 0.05) is 28.8 Å². The molecule has 132 valence electrons. The first-order valence-corrected chi connectivity index (χ1v) is 8.65. The summed E-state index contributed by atoms with van der Waals surface area (Å²) in [5.41, 5.74) is 3.15. The topological polar surface area (TPSA) is 66.9 Å². The number of halogens is 1. The summed E-state index contributed by atoms with van der Waals surface area (Å²) in [7, 11) is 0. The molecule has 1 aromatic heterocycles. The second-order valence-corrected chi connectivity index (χ2v) is 6.60. The summed E-state index contributed by atoms with van der Waals surface area (Å²) in [5, 5.41) is 6.44. The van der Waals surface area contributed by atoms with Crippen molar-refractivity contribution in [1.82, 2.24) is 9.97 Å². The third kappa shape index (κ3) is 4.58. The number of benzene rings is 2. The lowest BCUT2D eigenvalue weighted by molar-refractivity contribution is 0.102. The van der Waals surface area contributed by atoms with Gasteiger partial charge in [0.2, 0.25) is 5.95 Å². The maximum Gasteiger partial charge on any atom is 0.258 e. The van der Waals surface area contributed by atoms with E-state index in [2.05, 4.69) is 46.6 Å². The number of rotatable bonds is 5. The maximum absolute atomic E-state index is 12.2. The van der Waals surface area contributed by atoms with Crippen molar-refractivity contribution in [3.05, 3.63) is 77.1 Å². The third-order valence-electron chi connectivity index (χ3n) is 3.83. The second kappa shape index (κ2) is 7.97. The van der Waals surface area contributed by atoms with Crippen LogP contribution in [0, 0.1) is 0 Å². The molecule has 0 saturated heterocycles. The van der Waals surface area contributed by atoms with Crippen molar-refractivity contribution in [2.24, 2.45) is 0 Å². The van der Waals surface area contributed by atoms with E-state index >= 15 is 0 Å². The minimum absolute atomic E-state index is 0.292. The Kier molecular flexibility index (Phi) is 5.49. The number of carbonyl (C=O) groups excluding carboxylic acids is 1. The molecule has 0 aliphatic rings. The Morgan fingerprint density at radius 1 is 1.00 bits per heavy atom. The van der Waals surface area contributed by atoms with Gasteiger partial charge in [-0.15, -0.1) is 0 Å². The van der Waals surface area contributed by atoms with Gasteiger partial charge in [-0.25, -0.2) is 9.97 Å². The van der Waals surface area contributed by atoms with Crippen LogP contribution in [0.3, 0.4) is 0 Å². The number of amides is 1. The Hall–Kier alpha value is -2.92. The summed E-state index contributed by atoms with van der Waals surface area (Å²) in [4.78, 5) is 20.6. The lowest BCUT2D eigenvalue weighted by Crippen LogP contribution is -2.13. The molecule has 3 aromatic rings. The van der Waals surface area contributed by atoms with E-state index in [1.165, 1.54) is 18.0 Å². The van der Waals surface area contributed by atoms with Crippen molar-refractivity contribution in [1.29, 1.82) is 0 Å². The molecule has 0 atom stereocenters. The van der Waals surface area contributed by atoms with Crippen molar-refractivity contribution in [2.45, 2.75) is 19.8 Å². The van der Waals surface area contributed by atoms with E-state index in [0.29, 0.717) is 28.1 Å². The highest BCUT2D eigenvalue weighted by atomic mass is 35.5. The second-order valence-electron chi connectivity index (χ2n) is 6.16. The van der Waals surface area contributed by atoms with E-state index in [4.69, 9.17) is 11.6 Å². The molecule has 0 fully saturated rings. The van der Waals surface area contributed by atoms with Gasteiger partial charge in [0.25, 0.3) is 5.91 Å². The predicted molar refractivity (Wildman–Crippen MR) is 105 cm³/mol. The fraction of sp³-hybridized carbons (Fsp3) is 0.150. The van der Waals surface area contributed by atoms with E-state index in [1.54, 1.807) is 24.3 Å². The summed E-state index contributed by atoms with van der Waals surface area (Å²) in [5.74, 6) is 0.624. The van der Waals surface area contributed by atoms with Gasteiger partial charge in [0.1, 0.15) is 0 Å². The summed E-state index contributed by atoms with van der Waals surface area (Å²) in [6.45, 7) is 4.30. The molecule has 1 amide bonds. The van der Waals surface area contributed by atoms with Crippen LogP contribution in [0.5, 0.6) is 0 Å². The van der Waals surface area contributed by atoms with E-state index in [9.17, 15) is 4.79 Å². The van der Waals surface area contributed by atoms with E-state index in [-0.39, 0.29) is 5.91 Å². The monoisotopic (exact) mass is 366 g/mol. The number of carbonyl (C=O) groups is 1. The molecular formula is C20H19ClN4O. The van der Waals surface area contributed by atoms with E-state index in [0.717, 1.165) is 5.69 Å². The average molecular weight is 367 g/mol. The fourth-order valence-electron chi connectivity index (χ4n) is 2.36. The van der Waals surface area contributed by atoms with Gasteiger partial charge >= 0.3 is 0 Å². The van der Waals surface area contributed by atoms with Crippen LogP contribution in [-0.4, -0.2) is 15.9 Å². The molecule has 0 saturated carbocycles. The average Bonchev–Trinajstić information content (AvgIpc) is 2.63. The highest BCUT2D eigenvalue weighted by Crippen LogP contribution is 2.19. The molecule has 6 heteroatoms. The molecule has 2 N–H and O–H groups in total. The quantitative estimate of drug-likeness (QED) is 0.647. The Labute approximate surface area is 157 Å². The van der Waals surface area contributed by atoms with Crippen LogP contribution in [0.25, 0.3) is 0 Å². The van der Waals surface area contributed by atoms with Crippen molar-refractivity contribution in [3.63, 3.8) is 0 Å². The summed E-state index contributed by atoms with van der Waals surface area (Å²) in [6.07, 6.45) is 2.97. The van der Waals surface area contributed by atoms with E-state index < -0.39 is 0 Å². The highest BCUT2D eigenvalue weighted by molar-refractivity contribution is 6.30. The molecule has 5 nitrogen and oxygen atoms in total. The van der Waals surface area contributed by atoms with Crippen LogP contribution in [0.2, 0.25) is 5.02 Å². The van der Waals surface area contributed by atoms with Crippen molar-refractivity contribution >= 4 is 34.8 Å². The number of anilines is 3. The smallest absolute Gasteiger partial charge is 0.258 e. The molecule has 0 radical (unpaired) electrons. The molecule has 0 spiro atoms. The zero-order valence-corrected chi connectivity index (χ0v) is 15.3. The van der Waals surface area contributed by atoms with Crippen LogP contribution in [0.1, 0.15) is 35.7 Å². The molecule has 2 aromatic carbocycles. The fourth-order valence-corrected chi connectivity index (χ4v) is 2.55. The molecule has 0 aliphatic carbocycles. The zero-order valence-electron chi connectivity index (χ0n) is 14.5. The summed E-state index contributed by atoms with van der Waals surface area (Å²) < 4.78 is 0. The number of hydrogen-bond acceptors (Lipinski definition) is 4. The van der Waals surface area contributed by atoms with Crippen molar-refractivity contribution < 1.29 is 4.79 Å².